The minimum atomic E-state index is -0.458. The second-order valence-electron chi connectivity index (χ2n) is 5.52. The van der Waals surface area contributed by atoms with Crippen LogP contribution in [0.1, 0.15) is 36.0 Å². The van der Waals surface area contributed by atoms with E-state index in [1.165, 1.54) is 16.9 Å². The summed E-state index contributed by atoms with van der Waals surface area (Å²) in [5.74, 6) is -0.374. The van der Waals surface area contributed by atoms with Crippen molar-refractivity contribution in [3.05, 3.63) is 45.9 Å². The van der Waals surface area contributed by atoms with Gasteiger partial charge in [-0.25, -0.2) is 4.98 Å². The number of carbonyl (C=O) groups excluding carboxylic acids is 2. The number of ether oxygens (including phenoxy) is 1. The molecule has 5 nitrogen and oxygen atoms in total. The number of hydrogen-bond donors (Lipinski definition) is 1. The van der Waals surface area contributed by atoms with Crippen LogP contribution in [0.5, 0.6) is 0 Å². The van der Waals surface area contributed by atoms with Crippen LogP contribution in [-0.4, -0.2) is 23.5 Å². The van der Waals surface area contributed by atoms with Crippen molar-refractivity contribution in [3.63, 3.8) is 0 Å². The van der Waals surface area contributed by atoms with Gasteiger partial charge in [-0.1, -0.05) is 26.0 Å². The van der Waals surface area contributed by atoms with E-state index in [1.807, 2.05) is 36.6 Å². The van der Waals surface area contributed by atoms with Crippen LogP contribution in [0.15, 0.2) is 29.6 Å². The van der Waals surface area contributed by atoms with E-state index in [4.69, 9.17) is 4.74 Å². The normalized spacial score (nSPS) is 10.6. The molecule has 1 aromatic carbocycles. The van der Waals surface area contributed by atoms with Gasteiger partial charge in [-0.3, -0.25) is 9.59 Å². The summed E-state index contributed by atoms with van der Waals surface area (Å²) in [6.07, 6.45) is 0.0840. The van der Waals surface area contributed by atoms with Gasteiger partial charge < -0.3 is 10.1 Å². The molecule has 0 unspecified atom stereocenters. The fraction of sp³-hybridized carbons (Fsp3) is 0.353. The molecule has 0 saturated heterocycles. The Kier molecular flexibility index (Phi) is 5.87. The lowest BCUT2D eigenvalue weighted by Crippen LogP contribution is -2.21. The maximum Gasteiger partial charge on any atom is 0.312 e. The number of hydrogen-bond acceptors (Lipinski definition) is 5. The van der Waals surface area contributed by atoms with Crippen molar-refractivity contribution >= 4 is 28.9 Å². The number of aromatic nitrogens is 1. The number of nitrogens with zero attached hydrogens (tertiary/aromatic N) is 1. The third-order valence-corrected chi connectivity index (χ3v) is 4.04. The minimum Gasteiger partial charge on any atom is -0.455 e. The second kappa shape index (κ2) is 7.87. The average Bonchev–Trinajstić information content (AvgIpc) is 2.91. The summed E-state index contributed by atoms with van der Waals surface area (Å²) in [5, 5.41) is 5.41. The van der Waals surface area contributed by atoms with Crippen LogP contribution < -0.4 is 5.32 Å². The molecule has 0 aliphatic carbocycles. The number of thiazole rings is 1. The number of carbonyl (C=O) groups is 2. The predicted molar refractivity (Wildman–Crippen MR) is 90.7 cm³/mol. The van der Waals surface area contributed by atoms with Gasteiger partial charge in [0, 0.05) is 11.1 Å². The number of aryl methyl sites for hydroxylation is 1. The van der Waals surface area contributed by atoms with Gasteiger partial charge in [0.2, 0.25) is 0 Å². The van der Waals surface area contributed by atoms with Crippen molar-refractivity contribution in [1.29, 1.82) is 0 Å². The predicted octanol–water partition coefficient (Wildman–Crippen LogP) is 3.30. The van der Waals surface area contributed by atoms with E-state index < -0.39 is 5.97 Å². The molecule has 0 aliphatic heterocycles. The van der Waals surface area contributed by atoms with Crippen molar-refractivity contribution in [2.24, 2.45) is 0 Å². The molecule has 0 saturated carbocycles. The average molecular weight is 332 g/mol. The molecular formula is C17H20N2O3S. The van der Waals surface area contributed by atoms with Gasteiger partial charge in [-0.15, -0.1) is 11.3 Å². The van der Waals surface area contributed by atoms with Gasteiger partial charge >= 0.3 is 5.97 Å². The Bertz CT molecular complexity index is 677. The molecule has 1 N–H and O–H groups in total. The summed E-state index contributed by atoms with van der Waals surface area (Å²) >= 11 is 1.48. The third kappa shape index (κ3) is 5.49. The SMILES string of the molecule is Cc1nc(CC(=O)OCC(=O)Nc2ccc(C(C)C)cc2)cs1. The fourth-order valence-corrected chi connectivity index (χ4v) is 2.60. The van der Waals surface area contributed by atoms with Crippen LogP contribution in [0.25, 0.3) is 0 Å². The molecule has 1 amide bonds. The van der Waals surface area contributed by atoms with Gasteiger partial charge in [-0.2, -0.15) is 0 Å². The Labute approximate surface area is 139 Å². The first-order chi connectivity index (χ1) is 10.9. The van der Waals surface area contributed by atoms with Crippen LogP contribution in [-0.2, 0) is 20.7 Å². The van der Waals surface area contributed by atoms with Crippen molar-refractivity contribution in [2.45, 2.75) is 33.1 Å². The molecule has 1 aromatic heterocycles. The smallest absolute Gasteiger partial charge is 0.312 e. The summed E-state index contributed by atoms with van der Waals surface area (Å²) in [4.78, 5) is 27.6. The van der Waals surface area contributed by atoms with E-state index in [1.54, 1.807) is 0 Å². The van der Waals surface area contributed by atoms with Crippen molar-refractivity contribution in [2.75, 3.05) is 11.9 Å². The first kappa shape index (κ1) is 17.1. The zero-order valence-corrected chi connectivity index (χ0v) is 14.3. The Balaban J connectivity index is 1.77. The molecule has 0 aliphatic rings. The number of rotatable bonds is 6. The second-order valence-corrected chi connectivity index (χ2v) is 6.58. The van der Waals surface area contributed by atoms with Crippen molar-refractivity contribution < 1.29 is 14.3 Å². The number of benzene rings is 1. The third-order valence-electron chi connectivity index (χ3n) is 3.22. The maximum atomic E-state index is 11.8. The highest BCUT2D eigenvalue weighted by Gasteiger charge is 2.11. The number of esters is 1. The van der Waals surface area contributed by atoms with E-state index >= 15 is 0 Å². The highest BCUT2D eigenvalue weighted by atomic mass is 32.1. The van der Waals surface area contributed by atoms with Crippen LogP contribution in [0, 0.1) is 6.92 Å². The Morgan fingerprint density at radius 3 is 2.52 bits per heavy atom. The lowest BCUT2D eigenvalue weighted by molar-refractivity contribution is -0.146. The summed E-state index contributed by atoms with van der Waals surface area (Å²) in [5.41, 5.74) is 2.56. The molecule has 122 valence electrons. The topological polar surface area (TPSA) is 68.3 Å². The zero-order valence-electron chi connectivity index (χ0n) is 13.5. The monoisotopic (exact) mass is 332 g/mol. The van der Waals surface area contributed by atoms with Crippen LogP contribution in [0.2, 0.25) is 0 Å². The molecule has 6 heteroatoms. The molecule has 2 aromatic rings. The zero-order chi connectivity index (χ0) is 16.8. The summed E-state index contributed by atoms with van der Waals surface area (Å²) in [6.45, 7) is 5.79. The molecule has 0 radical (unpaired) electrons. The molecule has 0 atom stereocenters. The van der Waals surface area contributed by atoms with Gasteiger partial charge in [0.05, 0.1) is 17.1 Å². The molecule has 23 heavy (non-hydrogen) atoms. The van der Waals surface area contributed by atoms with E-state index in [9.17, 15) is 9.59 Å². The van der Waals surface area contributed by atoms with Crippen molar-refractivity contribution in [1.82, 2.24) is 4.98 Å². The summed E-state index contributed by atoms with van der Waals surface area (Å²) in [6, 6.07) is 7.62. The quantitative estimate of drug-likeness (QED) is 0.824. The van der Waals surface area contributed by atoms with Crippen molar-refractivity contribution in [3.8, 4) is 0 Å². The number of amides is 1. The lowest BCUT2D eigenvalue weighted by atomic mass is 10.0. The minimum absolute atomic E-state index is 0.0840. The van der Waals surface area contributed by atoms with E-state index in [2.05, 4.69) is 24.1 Å². The van der Waals surface area contributed by atoms with E-state index in [0.29, 0.717) is 17.3 Å². The Morgan fingerprint density at radius 2 is 1.96 bits per heavy atom. The first-order valence-electron chi connectivity index (χ1n) is 7.40. The van der Waals surface area contributed by atoms with Crippen LogP contribution in [0.4, 0.5) is 5.69 Å². The molecule has 1 heterocycles. The van der Waals surface area contributed by atoms with Gasteiger partial charge in [0.25, 0.3) is 5.91 Å². The van der Waals surface area contributed by atoms with Gasteiger partial charge in [0.1, 0.15) is 0 Å². The van der Waals surface area contributed by atoms with E-state index in [0.717, 1.165) is 5.01 Å². The Hall–Kier alpha value is -2.21. The highest BCUT2D eigenvalue weighted by molar-refractivity contribution is 7.09. The standard InChI is InChI=1S/C17H20N2O3S/c1-11(2)13-4-6-14(7-5-13)19-16(20)9-22-17(21)8-15-10-23-12(3)18-15/h4-7,10-11H,8-9H2,1-3H3,(H,19,20). The Morgan fingerprint density at radius 1 is 1.26 bits per heavy atom. The molecule has 2 rings (SSSR count). The lowest BCUT2D eigenvalue weighted by Gasteiger charge is -2.08. The largest absolute Gasteiger partial charge is 0.455 e. The highest BCUT2D eigenvalue weighted by Crippen LogP contribution is 2.17. The number of anilines is 1. The summed E-state index contributed by atoms with van der Waals surface area (Å²) in [7, 11) is 0. The molecule has 0 fully saturated rings. The number of nitrogens with one attached hydrogen (secondary N) is 1. The van der Waals surface area contributed by atoms with Gasteiger partial charge in [0.15, 0.2) is 6.61 Å². The van der Waals surface area contributed by atoms with E-state index in [-0.39, 0.29) is 18.9 Å². The van der Waals surface area contributed by atoms with Gasteiger partial charge in [-0.05, 0) is 30.5 Å². The maximum absolute atomic E-state index is 11.8. The van der Waals surface area contributed by atoms with Crippen LogP contribution >= 0.6 is 11.3 Å². The summed E-state index contributed by atoms with van der Waals surface area (Å²) < 4.78 is 4.96. The first-order valence-corrected chi connectivity index (χ1v) is 8.28. The van der Waals surface area contributed by atoms with Crippen LogP contribution in [0.3, 0.4) is 0 Å². The fourth-order valence-electron chi connectivity index (χ4n) is 1.98. The molecule has 0 bridgehead atoms. The molecular weight excluding hydrogens is 312 g/mol. The molecule has 0 spiro atoms.